The van der Waals surface area contributed by atoms with Crippen LogP contribution in [-0.2, 0) is 19.6 Å². The Morgan fingerprint density at radius 3 is 2.59 bits per heavy atom. The van der Waals surface area contributed by atoms with E-state index in [1.807, 2.05) is 31.2 Å². The maximum absolute atomic E-state index is 12.5. The Hall–Kier alpha value is -3.44. The maximum atomic E-state index is 12.5. The second kappa shape index (κ2) is 10.2. The fourth-order valence-corrected chi connectivity index (χ4v) is 4.32. The Kier molecular flexibility index (Phi) is 7.13. The van der Waals surface area contributed by atoms with Crippen LogP contribution in [0.5, 0.6) is 11.5 Å². The molecular weight excluding hydrogens is 462 g/mol. The lowest BCUT2D eigenvalue weighted by atomic mass is 10.1. The van der Waals surface area contributed by atoms with Gasteiger partial charge in [-0.15, -0.1) is 10.2 Å². The highest BCUT2D eigenvalue weighted by Gasteiger charge is 2.21. The molecule has 11 heteroatoms. The predicted octanol–water partition coefficient (Wildman–Crippen LogP) is 3.18. The van der Waals surface area contributed by atoms with Crippen molar-refractivity contribution >= 4 is 16.0 Å². The number of aryl methyl sites for hydroxylation is 1. The smallest absolute Gasteiger partial charge is 0.306 e. The quantitative estimate of drug-likeness (QED) is 0.357. The van der Waals surface area contributed by atoms with Crippen molar-refractivity contribution in [3.8, 4) is 23.0 Å². The van der Waals surface area contributed by atoms with Gasteiger partial charge in [-0.05, 0) is 44.5 Å². The lowest BCUT2D eigenvalue weighted by Gasteiger charge is -2.18. The number of nitrogens with one attached hydrogen (secondary N) is 1. The molecule has 1 N–H and O–H groups in total. The standard InChI is InChI=1S/C23H25N3O7S/c1-15-5-7-17(8-6-15)23-26-25-22(33-23)16(2)32-21(27)4-3-11-24-34(28,29)18-9-10-19-20(14-18)31-13-12-30-19/h5-10,14,16,24H,3-4,11-13H2,1-2H3. The molecule has 1 unspecified atom stereocenters. The van der Waals surface area contributed by atoms with E-state index in [1.54, 1.807) is 13.0 Å². The normalized spacial score (nSPS) is 13.9. The summed E-state index contributed by atoms with van der Waals surface area (Å²) in [5, 5.41) is 7.96. The summed E-state index contributed by atoms with van der Waals surface area (Å²) < 4.78 is 49.3. The second-order valence-corrected chi connectivity index (χ2v) is 9.52. The maximum Gasteiger partial charge on any atom is 0.306 e. The highest BCUT2D eigenvalue weighted by atomic mass is 32.2. The molecule has 0 fully saturated rings. The van der Waals surface area contributed by atoms with Gasteiger partial charge in [0.25, 0.3) is 5.89 Å². The zero-order valence-electron chi connectivity index (χ0n) is 18.8. The first kappa shape index (κ1) is 23.7. The van der Waals surface area contributed by atoms with Crippen molar-refractivity contribution in [1.82, 2.24) is 14.9 Å². The van der Waals surface area contributed by atoms with Crippen LogP contribution in [0.3, 0.4) is 0 Å². The zero-order valence-corrected chi connectivity index (χ0v) is 19.6. The van der Waals surface area contributed by atoms with E-state index in [1.165, 1.54) is 12.1 Å². The van der Waals surface area contributed by atoms with Crippen molar-refractivity contribution in [2.45, 2.75) is 37.7 Å². The fraction of sp³-hybridized carbons (Fsp3) is 0.348. The largest absolute Gasteiger partial charge is 0.486 e. The van der Waals surface area contributed by atoms with Crippen LogP contribution >= 0.6 is 0 Å². The third-order valence-electron chi connectivity index (χ3n) is 5.07. The van der Waals surface area contributed by atoms with Crippen LogP contribution in [0.1, 0.15) is 37.3 Å². The molecule has 10 nitrogen and oxygen atoms in total. The topological polar surface area (TPSA) is 130 Å². The second-order valence-electron chi connectivity index (χ2n) is 7.75. The van der Waals surface area contributed by atoms with Crippen molar-refractivity contribution in [1.29, 1.82) is 0 Å². The van der Waals surface area contributed by atoms with Gasteiger partial charge in [-0.25, -0.2) is 13.1 Å². The monoisotopic (exact) mass is 487 g/mol. The van der Waals surface area contributed by atoms with Crippen molar-refractivity contribution in [3.63, 3.8) is 0 Å². The molecule has 1 aromatic heterocycles. The van der Waals surface area contributed by atoms with Gasteiger partial charge in [0.15, 0.2) is 17.6 Å². The summed E-state index contributed by atoms with van der Waals surface area (Å²) in [5.74, 6) is 0.920. The average molecular weight is 488 g/mol. The number of sulfonamides is 1. The summed E-state index contributed by atoms with van der Waals surface area (Å²) in [6.45, 7) is 4.47. The van der Waals surface area contributed by atoms with Crippen LogP contribution in [0, 0.1) is 6.92 Å². The summed E-state index contributed by atoms with van der Waals surface area (Å²) in [5.41, 5.74) is 1.88. The molecule has 0 bridgehead atoms. The van der Waals surface area contributed by atoms with Gasteiger partial charge >= 0.3 is 5.97 Å². The van der Waals surface area contributed by atoms with E-state index in [2.05, 4.69) is 14.9 Å². The molecule has 0 amide bonds. The highest BCUT2D eigenvalue weighted by molar-refractivity contribution is 7.89. The molecule has 1 aliphatic heterocycles. The molecule has 0 saturated heterocycles. The number of esters is 1. The number of aromatic nitrogens is 2. The first-order valence-corrected chi connectivity index (χ1v) is 12.3. The molecule has 0 saturated carbocycles. The first-order chi connectivity index (χ1) is 16.3. The van der Waals surface area contributed by atoms with Crippen LogP contribution in [0.15, 0.2) is 51.8 Å². The minimum Gasteiger partial charge on any atom is -0.486 e. The fourth-order valence-electron chi connectivity index (χ4n) is 3.23. The Morgan fingerprint density at radius 1 is 1.09 bits per heavy atom. The van der Waals surface area contributed by atoms with E-state index >= 15 is 0 Å². The van der Waals surface area contributed by atoms with Gasteiger partial charge in [0.1, 0.15) is 13.2 Å². The minimum atomic E-state index is -3.76. The Bertz CT molecular complexity index is 1260. The van der Waals surface area contributed by atoms with Crippen molar-refractivity contribution < 1.29 is 31.8 Å². The summed E-state index contributed by atoms with van der Waals surface area (Å²) in [6.07, 6.45) is -0.450. The van der Waals surface area contributed by atoms with E-state index in [-0.39, 0.29) is 30.2 Å². The summed E-state index contributed by atoms with van der Waals surface area (Å²) >= 11 is 0. The van der Waals surface area contributed by atoms with Crippen molar-refractivity contribution in [3.05, 3.63) is 53.9 Å². The highest BCUT2D eigenvalue weighted by Crippen LogP contribution is 2.32. The number of carbonyl (C=O) groups excluding carboxylic acids is 1. The summed E-state index contributed by atoms with van der Waals surface area (Å²) in [4.78, 5) is 12.2. The molecule has 3 aromatic rings. The van der Waals surface area contributed by atoms with Gasteiger partial charge < -0.3 is 18.6 Å². The van der Waals surface area contributed by atoms with E-state index in [0.29, 0.717) is 30.6 Å². The van der Waals surface area contributed by atoms with Crippen LogP contribution in [-0.4, -0.2) is 44.3 Å². The van der Waals surface area contributed by atoms with Crippen LogP contribution < -0.4 is 14.2 Å². The predicted molar refractivity (Wildman–Crippen MR) is 121 cm³/mol. The number of fused-ring (bicyclic) bond motifs is 1. The molecule has 34 heavy (non-hydrogen) atoms. The third-order valence-corrected chi connectivity index (χ3v) is 6.53. The summed E-state index contributed by atoms with van der Waals surface area (Å²) in [6, 6.07) is 12.0. The third kappa shape index (κ3) is 5.72. The van der Waals surface area contributed by atoms with E-state index in [0.717, 1.165) is 11.1 Å². The van der Waals surface area contributed by atoms with Gasteiger partial charge in [0.05, 0.1) is 4.90 Å². The molecule has 2 heterocycles. The number of carbonyl (C=O) groups is 1. The van der Waals surface area contributed by atoms with E-state index in [4.69, 9.17) is 18.6 Å². The minimum absolute atomic E-state index is 0.0208. The number of hydrogen-bond donors (Lipinski definition) is 1. The number of ether oxygens (including phenoxy) is 3. The SMILES string of the molecule is Cc1ccc(-c2nnc(C(C)OC(=O)CCCNS(=O)(=O)c3ccc4c(c3)OCCO4)o2)cc1. The van der Waals surface area contributed by atoms with Crippen LogP contribution in [0.25, 0.3) is 11.5 Å². The molecule has 1 atom stereocenters. The van der Waals surface area contributed by atoms with Gasteiger partial charge in [-0.2, -0.15) is 0 Å². The number of nitrogens with zero attached hydrogens (tertiary/aromatic N) is 2. The molecular formula is C23H25N3O7S. The Balaban J connectivity index is 1.24. The van der Waals surface area contributed by atoms with Gasteiger partial charge in [0.2, 0.25) is 15.9 Å². The molecule has 0 aliphatic carbocycles. The Morgan fingerprint density at radius 2 is 1.82 bits per heavy atom. The lowest BCUT2D eigenvalue weighted by molar-refractivity contribution is -0.149. The molecule has 0 spiro atoms. The van der Waals surface area contributed by atoms with E-state index < -0.39 is 22.1 Å². The molecule has 0 radical (unpaired) electrons. The van der Waals surface area contributed by atoms with Crippen LogP contribution in [0.2, 0.25) is 0 Å². The summed E-state index contributed by atoms with van der Waals surface area (Å²) in [7, 11) is -3.76. The average Bonchev–Trinajstić information content (AvgIpc) is 3.32. The molecule has 4 rings (SSSR count). The number of hydrogen-bond acceptors (Lipinski definition) is 9. The number of benzene rings is 2. The lowest BCUT2D eigenvalue weighted by Crippen LogP contribution is -2.26. The molecule has 1 aliphatic rings. The molecule has 2 aromatic carbocycles. The molecule has 180 valence electrons. The van der Waals surface area contributed by atoms with Crippen molar-refractivity contribution in [2.75, 3.05) is 19.8 Å². The van der Waals surface area contributed by atoms with Gasteiger partial charge in [-0.1, -0.05) is 17.7 Å². The van der Waals surface area contributed by atoms with Gasteiger partial charge in [-0.3, -0.25) is 4.79 Å². The zero-order chi connectivity index (χ0) is 24.1. The van der Waals surface area contributed by atoms with Crippen molar-refractivity contribution in [2.24, 2.45) is 0 Å². The van der Waals surface area contributed by atoms with Gasteiger partial charge in [0, 0.05) is 24.6 Å². The Labute approximate surface area is 197 Å². The number of rotatable bonds is 9. The van der Waals surface area contributed by atoms with Crippen LogP contribution in [0.4, 0.5) is 0 Å². The van der Waals surface area contributed by atoms with E-state index in [9.17, 15) is 13.2 Å². The first-order valence-electron chi connectivity index (χ1n) is 10.8.